The number of benzene rings is 1. The Morgan fingerprint density at radius 1 is 1.19 bits per heavy atom. The molecule has 0 saturated heterocycles. The van der Waals surface area contributed by atoms with Crippen molar-refractivity contribution in [2.45, 2.75) is 58.8 Å². The molecular weight excluding hydrogens is 408 g/mol. The molecule has 7 heteroatoms. The van der Waals surface area contributed by atoms with Gasteiger partial charge in [-0.3, -0.25) is 9.59 Å². The van der Waals surface area contributed by atoms with Gasteiger partial charge in [0, 0.05) is 32.1 Å². The molecule has 4 rings (SSSR count). The first kappa shape index (κ1) is 22.0. The first-order valence-corrected chi connectivity index (χ1v) is 11.0. The van der Waals surface area contributed by atoms with Gasteiger partial charge in [0.25, 0.3) is 0 Å². The zero-order valence-electron chi connectivity index (χ0n) is 18.7. The van der Waals surface area contributed by atoms with Gasteiger partial charge < -0.3 is 14.4 Å². The van der Waals surface area contributed by atoms with Crippen LogP contribution >= 0.6 is 0 Å². The smallest absolute Gasteiger partial charge is 0.168 e. The number of rotatable bonds is 5. The molecule has 1 heterocycles. The summed E-state index contributed by atoms with van der Waals surface area (Å²) >= 11 is 0. The number of carbonyl (C=O) groups is 2. The molecule has 1 fully saturated rings. The Bertz CT molecular complexity index is 1120. The summed E-state index contributed by atoms with van der Waals surface area (Å²) in [5, 5.41) is 15.0. The number of para-hydroxylation sites is 2. The Balaban J connectivity index is 1.61. The molecule has 32 heavy (non-hydrogen) atoms. The maximum atomic E-state index is 12.7. The van der Waals surface area contributed by atoms with E-state index in [1.807, 2.05) is 32.0 Å². The van der Waals surface area contributed by atoms with Crippen LogP contribution in [0.15, 0.2) is 45.1 Å². The first-order chi connectivity index (χ1) is 15.3. The number of Topliss-reactive ketones (excluding diaryl/α,β-unsaturated/α-hetero) is 2. The third-order valence-electron chi connectivity index (χ3n) is 6.00. The van der Waals surface area contributed by atoms with Gasteiger partial charge in [0.2, 0.25) is 0 Å². The quantitative estimate of drug-likeness (QED) is 0.516. The summed E-state index contributed by atoms with van der Waals surface area (Å²) in [7, 11) is 1.57. The molecular formula is C25H28N2O5. The van der Waals surface area contributed by atoms with Crippen LogP contribution in [-0.4, -0.2) is 34.7 Å². The molecule has 0 spiro atoms. The van der Waals surface area contributed by atoms with Crippen LogP contribution in [0.2, 0.25) is 0 Å². The van der Waals surface area contributed by atoms with Crippen LogP contribution in [0.25, 0.3) is 0 Å². The van der Waals surface area contributed by atoms with Crippen molar-refractivity contribution in [3.8, 4) is 5.75 Å². The molecule has 0 amide bonds. The van der Waals surface area contributed by atoms with E-state index in [1.54, 1.807) is 13.2 Å². The van der Waals surface area contributed by atoms with Gasteiger partial charge in [-0.15, -0.1) is 0 Å². The number of hydrogen-bond acceptors (Lipinski definition) is 7. The molecule has 168 valence electrons. The van der Waals surface area contributed by atoms with E-state index in [1.165, 1.54) is 0 Å². The minimum absolute atomic E-state index is 0.0202. The van der Waals surface area contributed by atoms with Gasteiger partial charge >= 0.3 is 0 Å². The van der Waals surface area contributed by atoms with Crippen LogP contribution in [0.3, 0.4) is 0 Å². The number of fused-ring (bicyclic) bond motifs is 1. The van der Waals surface area contributed by atoms with Gasteiger partial charge in [-0.2, -0.15) is 0 Å². The second-order valence-electron chi connectivity index (χ2n) is 9.20. The molecule has 2 aromatic rings. The average molecular weight is 437 g/mol. The average Bonchev–Trinajstić information content (AvgIpc) is 3.14. The van der Waals surface area contributed by atoms with E-state index in [0.717, 1.165) is 0 Å². The monoisotopic (exact) mass is 436 g/mol. The summed E-state index contributed by atoms with van der Waals surface area (Å²) < 4.78 is 10.8. The minimum atomic E-state index is -0.149. The van der Waals surface area contributed by atoms with E-state index in [9.17, 15) is 14.7 Å². The fraction of sp³-hybridized carbons (Fsp3) is 0.440. The van der Waals surface area contributed by atoms with Crippen molar-refractivity contribution in [2.24, 2.45) is 10.4 Å². The zero-order chi connectivity index (χ0) is 22.9. The highest BCUT2D eigenvalue weighted by molar-refractivity contribution is 6.24. The van der Waals surface area contributed by atoms with Gasteiger partial charge in [0.15, 0.2) is 11.6 Å². The summed E-state index contributed by atoms with van der Waals surface area (Å²) in [4.78, 5) is 30.0. The van der Waals surface area contributed by atoms with Gasteiger partial charge in [0.05, 0.1) is 29.7 Å². The van der Waals surface area contributed by atoms with Crippen molar-refractivity contribution in [1.82, 2.24) is 5.16 Å². The van der Waals surface area contributed by atoms with Crippen molar-refractivity contribution >= 4 is 23.0 Å². The fourth-order valence-electron chi connectivity index (χ4n) is 4.49. The van der Waals surface area contributed by atoms with Crippen molar-refractivity contribution in [3.05, 3.63) is 52.6 Å². The molecule has 0 radical (unpaired) electrons. The molecule has 7 nitrogen and oxygen atoms in total. The Hall–Kier alpha value is -3.22. The van der Waals surface area contributed by atoms with Gasteiger partial charge in [0.1, 0.15) is 23.0 Å². The number of aryl methyl sites for hydroxylation is 1. The Kier molecular flexibility index (Phi) is 6.00. The fourth-order valence-corrected chi connectivity index (χ4v) is 4.49. The third kappa shape index (κ3) is 4.38. The SMILES string of the molecule is COc1ccccc1N=C1CCCC(=O)/C1=C(\O)CCc1noc2c1C(=O)CC(C)(C)C2. The molecule has 2 aliphatic carbocycles. The summed E-state index contributed by atoms with van der Waals surface area (Å²) in [6, 6.07) is 7.32. The van der Waals surface area contributed by atoms with Gasteiger partial charge in [-0.05, 0) is 30.4 Å². The van der Waals surface area contributed by atoms with Crippen LogP contribution < -0.4 is 4.74 Å². The second kappa shape index (κ2) is 8.73. The normalized spacial score (nSPS) is 20.9. The number of aliphatic hydroxyl groups excluding tert-OH is 1. The predicted molar refractivity (Wildman–Crippen MR) is 120 cm³/mol. The van der Waals surface area contributed by atoms with Crippen LogP contribution in [0.4, 0.5) is 5.69 Å². The van der Waals surface area contributed by atoms with Crippen molar-refractivity contribution in [2.75, 3.05) is 7.11 Å². The van der Waals surface area contributed by atoms with Crippen molar-refractivity contribution in [3.63, 3.8) is 0 Å². The third-order valence-corrected chi connectivity index (χ3v) is 6.00. The highest BCUT2D eigenvalue weighted by Crippen LogP contribution is 2.37. The summed E-state index contributed by atoms with van der Waals surface area (Å²) in [5.74, 6) is 1.09. The van der Waals surface area contributed by atoms with E-state index in [2.05, 4.69) is 10.1 Å². The molecule has 0 bridgehead atoms. The molecule has 1 N–H and O–H groups in total. The largest absolute Gasteiger partial charge is 0.511 e. The zero-order valence-corrected chi connectivity index (χ0v) is 18.7. The molecule has 1 saturated carbocycles. The molecule has 1 aromatic heterocycles. The van der Waals surface area contributed by atoms with Crippen molar-refractivity contribution < 1.29 is 24.0 Å². The van der Waals surface area contributed by atoms with E-state index in [0.29, 0.717) is 72.7 Å². The molecule has 0 atom stereocenters. The highest BCUT2D eigenvalue weighted by Gasteiger charge is 2.36. The molecule has 0 unspecified atom stereocenters. The molecule has 1 aromatic carbocycles. The van der Waals surface area contributed by atoms with E-state index >= 15 is 0 Å². The topological polar surface area (TPSA) is 102 Å². The van der Waals surface area contributed by atoms with Gasteiger partial charge in [-0.1, -0.05) is 31.1 Å². The maximum Gasteiger partial charge on any atom is 0.168 e. The van der Waals surface area contributed by atoms with E-state index in [4.69, 9.17) is 9.26 Å². The Morgan fingerprint density at radius 2 is 1.97 bits per heavy atom. The number of carbonyl (C=O) groups excluding carboxylic acids is 2. The number of aromatic nitrogens is 1. The Labute approximate surface area is 187 Å². The lowest BCUT2D eigenvalue weighted by Crippen LogP contribution is -2.26. The van der Waals surface area contributed by atoms with Crippen LogP contribution in [0.1, 0.15) is 67.8 Å². The number of allylic oxidation sites excluding steroid dienone is 2. The number of methoxy groups -OCH3 is 1. The van der Waals surface area contributed by atoms with Crippen LogP contribution in [0, 0.1) is 5.41 Å². The van der Waals surface area contributed by atoms with Gasteiger partial charge in [-0.25, -0.2) is 4.99 Å². The van der Waals surface area contributed by atoms with E-state index in [-0.39, 0.29) is 34.7 Å². The number of aliphatic hydroxyl groups is 1. The number of aliphatic imine (C=N–C) groups is 1. The minimum Gasteiger partial charge on any atom is -0.511 e. The number of hydrogen-bond donors (Lipinski definition) is 1. The molecule has 0 aliphatic heterocycles. The molecule has 2 aliphatic rings. The summed E-state index contributed by atoms with van der Waals surface area (Å²) in [6.07, 6.45) is 3.24. The van der Waals surface area contributed by atoms with Crippen LogP contribution in [0.5, 0.6) is 5.75 Å². The lowest BCUT2D eigenvalue weighted by atomic mass is 9.76. The summed E-state index contributed by atoms with van der Waals surface area (Å²) in [6.45, 7) is 4.06. The lowest BCUT2D eigenvalue weighted by Gasteiger charge is -2.26. The van der Waals surface area contributed by atoms with E-state index < -0.39 is 0 Å². The van der Waals surface area contributed by atoms with Crippen LogP contribution in [-0.2, 0) is 17.6 Å². The summed E-state index contributed by atoms with van der Waals surface area (Å²) in [5.41, 5.74) is 2.38. The number of ketones is 2. The maximum absolute atomic E-state index is 12.7. The number of ether oxygens (including phenoxy) is 1. The predicted octanol–water partition coefficient (Wildman–Crippen LogP) is 5.11. The first-order valence-electron chi connectivity index (χ1n) is 11.0. The standard InChI is InChI=1S/C25H28N2O5/c1-25(2)13-20(30)24-17(27-32-22(24)14-25)11-12-19(29)23-16(8-6-9-18(23)28)26-15-7-4-5-10-21(15)31-3/h4-5,7,10,29H,6,8-9,11-14H2,1-3H3/b23-19-,26-16?. The number of nitrogens with zero attached hydrogens (tertiary/aromatic N) is 2. The van der Waals surface area contributed by atoms with Crippen molar-refractivity contribution in [1.29, 1.82) is 0 Å². The second-order valence-corrected chi connectivity index (χ2v) is 9.20. The highest BCUT2D eigenvalue weighted by atomic mass is 16.5. The Morgan fingerprint density at radius 3 is 2.75 bits per heavy atom. The lowest BCUT2D eigenvalue weighted by molar-refractivity contribution is -0.115.